The average molecular weight is 497 g/mol. The molecule has 148 valence electrons. The van der Waals surface area contributed by atoms with Gasteiger partial charge in [-0.1, -0.05) is 23.7 Å². The molecule has 27 heavy (non-hydrogen) atoms. The topological polar surface area (TPSA) is 53.5 Å². The van der Waals surface area contributed by atoms with Crippen LogP contribution in [0.1, 0.15) is 49.1 Å². The van der Waals surface area contributed by atoms with Gasteiger partial charge in [-0.25, -0.2) is 4.39 Å². The van der Waals surface area contributed by atoms with E-state index in [0.717, 1.165) is 10.4 Å². The van der Waals surface area contributed by atoms with Crippen LogP contribution in [0.15, 0.2) is 28.7 Å². The third kappa shape index (κ3) is 4.87. The van der Waals surface area contributed by atoms with Gasteiger partial charge in [0.25, 0.3) is 0 Å². The maximum Gasteiger partial charge on any atom is 0.193 e. The highest BCUT2D eigenvalue weighted by atomic mass is 79.9. The molecule has 0 aliphatic carbocycles. The van der Waals surface area contributed by atoms with Gasteiger partial charge in [0, 0.05) is 11.4 Å². The summed E-state index contributed by atoms with van der Waals surface area (Å²) in [4.78, 5) is 0.789. The van der Waals surface area contributed by atoms with Gasteiger partial charge in [-0.15, -0.1) is 16.1 Å². The second kappa shape index (κ2) is 8.67. The molecule has 1 aliphatic heterocycles. The van der Waals surface area contributed by atoms with E-state index in [0.29, 0.717) is 27.6 Å². The molecule has 1 aliphatic rings. The molecule has 3 rings (SSSR count). The Bertz CT molecular complexity index is 808. The van der Waals surface area contributed by atoms with E-state index in [9.17, 15) is 8.94 Å². The molecular weight excluding hydrogens is 477 g/mol. The van der Waals surface area contributed by atoms with Crippen molar-refractivity contribution in [1.82, 2.24) is 4.72 Å². The number of benzene rings is 1. The standard InChI is InChI=1S/C18H20BrClFNO3S2/c1-18(2,3)27(23)22-15(10-5-4-6-12(21)14(10)19)11-9-13(20)26-16(11)17-24-7-8-25-17/h4-6,9,15,17,22H,7-8H2,1-3H3/t15?,27-/m1/s1. The Labute approximate surface area is 178 Å². The quantitative estimate of drug-likeness (QED) is 0.556. The van der Waals surface area contributed by atoms with Gasteiger partial charge in [0.1, 0.15) is 16.6 Å². The first-order chi connectivity index (χ1) is 12.7. The number of rotatable bonds is 5. The van der Waals surface area contributed by atoms with Crippen LogP contribution in [0.3, 0.4) is 0 Å². The summed E-state index contributed by atoms with van der Waals surface area (Å²) in [5, 5.41) is 0. The van der Waals surface area contributed by atoms with Crippen molar-refractivity contribution >= 4 is 50.2 Å². The molecule has 1 aromatic heterocycles. The van der Waals surface area contributed by atoms with Crippen LogP contribution in [0.4, 0.5) is 4.39 Å². The number of hydrogen-bond acceptors (Lipinski definition) is 5. The summed E-state index contributed by atoms with van der Waals surface area (Å²) in [6.07, 6.45) is -0.530. The Morgan fingerprint density at radius 2 is 2.00 bits per heavy atom. The van der Waals surface area contributed by atoms with Gasteiger partial charge in [0.15, 0.2) is 6.29 Å². The summed E-state index contributed by atoms with van der Waals surface area (Å²) >= 11 is 9.57. The fraction of sp³-hybridized carbons (Fsp3) is 0.444. The fourth-order valence-electron chi connectivity index (χ4n) is 2.63. The smallest absolute Gasteiger partial charge is 0.193 e. The predicted octanol–water partition coefficient (Wildman–Crippen LogP) is 5.49. The lowest BCUT2D eigenvalue weighted by atomic mass is 10.00. The molecular formula is C18H20BrClFNO3S2. The van der Waals surface area contributed by atoms with E-state index < -0.39 is 34.3 Å². The molecule has 1 fully saturated rings. The first kappa shape index (κ1) is 21.5. The van der Waals surface area contributed by atoms with Gasteiger partial charge >= 0.3 is 0 Å². The molecule has 0 spiro atoms. The summed E-state index contributed by atoms with van der Waals surface area (Å²) in [6, 6.07) is 6.02. The zero-order chi connectivity index (χ0) is 19.8. The molecule has 0 bridgehead atoms. The van der Waals surface area contributed by atoms with Crippen molar-refractivity contribution in [3.05, 3.63) is 54.9 Å². The van der Waals surface area contributed by atoms with Crippen molar-refractivity contribution in [3.8, 4) is 0 Å². The van der Waals surface area contributed by atoms with Gasteiger partial charge in [-0.05, 0) is 60.0 Å². The van der Waals surface area contributed by atoms with E-state index in [4.69, 9.17) is 21.1 Å². The molecule has 0 amide bonds. The maximum atomic E-state index is 14.2. The Morgan fingerprint density at radius 3 is 2.63 bits per heavy atom. The van der Waals surface area contributed by atoms with Gasteiger partial charge in [0.2, 0.25) is 0 Å². The van der Waals surface area contributed by atoms with Gasteiger partial charge in [-0.2, -0.15) is 0 Å². The minimum Gasteiger partial charge on any atom is -0.598 e. The molecule has 1 saturated heterocycles. The van der Waals surface area contributed by atoms with E-state index in [1.54, 1.807) is 18.2 Å². The van der Waals surface area contributed by atoms with Gasteiger partial charge in [-0.3, -0.25) is 0 Å². The summed E-state index contributed by atoms with van der Waals surface area (Å²) in [5.74, 6) is -0.392. The van der Waals surface area contributed by atoms with Crippen LogP contribution in [0.5, 0.6) is 0 Å². The van der Waals surface area contributed by atoms with Crippen molar-refractivity contribution in [2.75, 3.05) is 13.2 Å². The summed E-state index contributed by atoms with van der Waals surface area (Å²) in [7, 11) is 0. The summed E-state index contributed by atoms with van der Waals surface area (Å²) in [6.45, 7) is 6.61. The highest BCUT2D eigenvalue weighted by Crippen LogP contribution is 2.42. The summed E-state index contributed by atoms with van der Waals surface area (Å²) < 4.78 is 41.9. The lowest BCUT2D eigenvalue weighted by molar-refractivity contribution is -0.0420. The first-order valence-electron chi connectivity index (χ1n) is 8.32. The maximum absolute atomic E-state index is 14.2. The van der Waals surface area contributed by atoms with Crippen LogP contribution < -0.4 is 4.72 Å². The van der Waals surface area contributed by atoms with Crippen LogP contribution in [-0.4, -0.2) is 22.5 Å². The van der Waals surface area contributed by atoms with Crippen LogP contribution in [0, 0.1) is 5.82 Å². The molecule has 9 heteroatoms. The van der Waals surface area contributed by atoms with E-state index in [1.807, 2.05) is 20.8 Å². The van der Waals surface area contributed by atoms with Crippen LogP contribution in [0.25, 0.3) is 0 Å². The Hall–Kier alpha value is -0.190. The zero-order valence-electron chi connectivity index (χ0n) is 15.1. The van der Waals surface area contributed by atoms with E-state index in [-0.39, 0.29) is 0 Å². The first-order valence-corrected chi connectivity index (χ1v) is 11.5. The van der Waals surface area contributed by atoms with Crippen molar-refractivity contribution in [1.29, 1.82) is 0 Å². The minimum atomic E-state index is -1.40. The third-order valence-corrected chi connectivity index (χ3v) is 7.68. The minimum absolute atomic E-state index is 0.315. The monoisotopic (exact) mass is 495 g/mol. The molecule has 0 radical (unpaired) electrons. The Kier molecular flexibility index (Phi) is 6.91. The fourth-order valence-corrected chi connectivity index (χ4v) is 5.23. The lowest BCUT2D eigenvalue weighted by Crippen LogP contribution is -2.41. The largest absolute Gasteiger partial charge is 0.598 e. The highest BCUT2D eigenvalue weighted by Gasteiger charge is 2.35. The molecule has 0 saturated carbocycles. The Morgan fingerprint density at radius 1 is 1.33 bits per heavy atom. The van der Waals surface area contributed by atoms with Gasteiger partial charge < -0.3 is 14.0 Å². The second-order valence-electron chi connectivity index (χ2n) is 7.02. The third-order valence-electron chi connectivity index (χ3n) is 3.98. The van der Waals surface area contributed by atoms with Crippen LogP contribution in [-0.2, 0) is 20.8 Å². The number of nitrogens with one attached hydrogen (secondary N) is 1. The van der Waals surface area contributed by atoms with E-state index in [1.165, 1.54) is 17.4 Å². The van der Waals surface area contributed by atoms with Crippen molar-refractivity contribution < 1.29 is 18.4 Å². The van der Waals surface area contributed by atoms with Gasteiger partial charge in [0.05, 0.1) is 26.9 Å². The molecule has 1 aromatic carbocycles. The zero-order valence-corrected chi connectivity index (χ0v) is 19.0. The number of thiophene rings is 1. The van der Waals surface area contributed by atoms with Crippen molar-refractivity contribution in [3.63, 3.8) is 0 Å². The molecule has 2 aromatic rings. The lowest BCUT2D eigenvalue weighted by Gasteiger charge is -2.29. The van der Waals surface area contributed by atoms with Crippen LogP contribution in [0.2, 0.25) is 4.34 Å². The number of halogens is 3. The number of ether oxygens (including phenoxy) is 2. The SMILES string of the molecule is CC(C)(C)[S@@+]([O-])NC(c1cc(Cl)sc1C1OCCO1)c1cccc(F)c1Br. The van der Waals surface area contributed by atoms with Crippen LogP contribution >= 0.6 is 38.9 Å². The molecule has 1 N–H and O–H groups in total. The van der Waals surface area contributed by atoms with E-state index >= 15 is 0 Å². The molecule has 1 unspecified atom stereocenters. The molecule has 2 atom stereocenters. The Balaban J connectivity index is 2.09. The normalized spacial score (nSPS) is 18.0. The predicted molar refractivity (Wildman–Crippen MR) is 111 cm³/mol. The number of hydrogen-bond donors (Lipinski definition) is 1. The molecule has 2 heterocycles. The highest BCUT2D eigenvalue weighted by molar-refractivity contribution is 9.10. The summed E-state index contributed by atoms with van der Waals surface area (Å²) in [5.41, 5.74) is 1.39. The molecule has 4 nitrogen and oxygen atoms in total. The van der Waals surface area contributed by atoms with Crippen molar-refractivity contribution in [2.45, 2.75) is 37.9 Å². The second-order valence-corrected chi connectivity index (χ2v) is 11.5. The average Bonchev–Trinajstić information content (AvgIpc) is 3.23. The van der Waals surface area contributed by atoms with E-state index in [2.05, 4.69) is 20.7 Å². The van der Waals surface area contributed by atoms with Crippen molar-refractivity contribution in [2.24, 2.45) is 0 Å².